The highest BCUT2D eigenvalue weighted by Crippen LogP contribution is 2.43. The first-order valence-corrected chi connectivity index (χ1v) is 5.62. The van der Waals surface area contributed by atoms with E-state index in [9.17, 15) is 4.79 Å². The third kappa shape index (κ3) is 1.53. The summed E-state index contributed by atoms with van der Waals surface area (Å²) < 4.78 is 5.81. The molecule has 1 aliphatic rings. The highest BCUT2D eigenvalue weighted by atomic mass is 16.5. The lowest BCUT2D eigenvalue weighted by Crippen LogP contribution is -2.11. The Morgan fingerprint density at radius 3 is 2.65 bits per heavy atom. The zero-order chi connectivity index (χ0) is 11.8. The van der Waals surface area contributed by atoms with Gasteiger partial charge >= 0.3 is 0 Å². The van der Waals surface area contributed by atoms with Crippen LogP contribution in [0.4, 0.5) is 0 Å². The molecule has 0 spiro atoms. The molecule has 0 saturated carbocycles. The molecule has 2 aromatic carbocycles. The molecule has 2 aromatic rings. The van der Waals surface area contributed by atoms with Crippen LogP contribution in [0.1, 0.15) is 22.6 Å². The van der Waals surface area contributed by atoms with Gasteiger partial charge in [0.15, 0.2) is 0 Å². The van der Waals surface area contributed by atoms with Gasteiger partial charge in [-0.25, -0.2) is 0 Å². The van der Waals surface area contributed by atoms with Gasteiger partial charge in [-0.3, -0.25) is 0 Å². The number of aldehydes is 1. The van der Waals surface area contributed by atoms with Crippen molar-refractivity contribution in [1.82, 2.24) is 0 Å². The van der Waals surface area contributed by atoms with Crippen molar-refractivity contribution in [3.05, 3.63) is 59.2 Å². The Kier molecular flexibility index (Phi) is 2.22. The summed E-state index contributed by atoms with van der Waals surface area (Å²) in [6.07, 6.45) is 0.986. The monoisotopic (exact) mass is 224 g/mol. The number of para-hydroxylation sites is 1. The lowest BCUT2D eigenvalue weighted by molar-refractivity contribution is -0.108. The molecule has 3 rings (SSSR count). The predicted octanol–water partition coefficient (Wildman–Crippen LogP) is 3.43. The molecule has 0 saturated heterocycles. The van der Waals surface area contributed by atoms with E-state index >= 15 is 0 Å². The fourth-order valence-corrected chi connectivity index (χ4v) is 2.27. The van der Waals surface area contributed by atoms with Crippen LogP contribution in [0.3, 0.4) is 0 Å². The third-order valence-electron chi connectivity index (χ3n) is 3.11. The number of hydrogen-bond donors (Lipinski definition) is 0. The lowest BCUT2D eigenvalue weighted by Gasteiger charge is -2.25. The van der Waals surface area contributed by atoms with Crippen molar-refractivity contribution >= 4 is 6.29 Å². The normalized spacial score (nSPS) is 16.6. The van der Waals surface area contributed by atoms with Crippen LogP contribution >= 0.6 is 0 Å². The minimum Gasteiger partial charge on any atom is -0.457 e. The van der Waals surface area contributed by atoms with Gasteiger partial charge in [0, 0.05) is 11.1 Å². The topological polar surface area (TPSA) is 26.3 Å². The number of hydrogen-bond acceptors (Lipinski definition) is 2. The Balaban J connectivity index is 2.22. The molecule has 2 nitrogen and oxygen atoms in total. The van der Waals surface area contributed by atoms with Gasteiger partial charge in [-0.1, -0.05) is 35.9 Å². The van der Waals surface area contributed by atoms with E-state index in [1.54, 1.807) is 0 Å². The van der Waals surface area contributed by atoms with E-state index in [0.717, 1.165) is 34.5 Å². The van der Waals surface area contributed by atoms with Gasteiger partial charge in [-0.2, -0.15) is 0 Å². The molecule has 0 radical (unpaired) electrons. The molecular weight excluding hydrogens is 212 g/mol. The third-order valence-corrected chi connectivity index (χ3v) is 3.11. The van der Waals surface area contributed by atoms with Crippen molar-refractivity contribution in [2.45, 2.75) is 12.8 Å². The van der Waals surface area contributed by atoms with Crippen molar-refractivity contribution < 1.29 is 9.53 Å². The summed E-state index contributed by atoms with van der Waals surface area (Å²) in [6, 6.07) is 13.6. The van der Waals surface area contributed by atoms with E-state index < -0.39 is 0 Å². The first-order chi connectivity index (χ1) is 8.29. The van der Waals surface area contributed by atoms with Gasteiger partial charge in [0.2, 0.25) is 0 Å². The fraction of sp³-hybridized carbons (Fsp3) is 0.133. The molecule has 1 aliphatic heterocycles. The summed E-state index contributed by atoms with van der Waals surface area (Å²) in [7, 11) is 0. The average Bonchev–Trinajstić information content (AvgIpc) is 2.36. The summed E-state index contributed by atoms with van der Waals surface area (Å²) in [5.74, 6) is 1.35. The van der Waals surface area contributed by atoms with E-state index in [1.807, 2.05) is 49.4 Å². The maximum atomic E-state index is 11.3. The maximum Gasteiger partial charge on any atom is 0.132 e. The molecule has 0 fully saturated rings. The molecule has 1 atom stereocenters. The lowest BCUT2D eigenvalue weighted by atomic mass is 9.88. The second-order valence-electron chi connectivity index (χ2n) is 4.29. The Bertz CT molecular complexity index is 587. The summed E-state index contributed by atoms with van der Waals surface area (Å²) in [5, 5.41) is 0. The number of ether oxygens (including phenoxy) is 1. The Hall–Kier alpha value is -2.09. The number of carbonyl (C=O) groups excluding carboxylic acids is 1. The Morgan fingerprint density at radius 2 is 1.82 bits per heavy atom. The van der Waals surface area contributed by atoms with Crippen LogP contribution < -0.4 is 4.74 Å². The van der Waals surface area contributed by atoms with E-state index in [2.05, 4.69) is 0 Å². The van der Waals surface area contributed by atoms with Gasteiger partial charge in [0.05, 0.1) is 5.92 Å². The van der Waals surface area contributed by atoms with E-state index in [4.69, 9.17) is 4.74 Å². The van der Waals surface area contributed by atoms with Crippen molar-refractivity contribution in [3.8, 4) is 11.5 Å². The second-order valence-corrected chi connectivity index (χ2v) is 4.29. The zero-order valence-electron chi connectivity index (χ0n) is 9.51. The maximum absolute atomic E-state index is 11.3. The van der Waals surface area contributed by atoms with Crippen LogP contribution in [0.2, 0.25) is 0 Å². The van der Waals surface area contributed by atoms with Gasteiger partial charge in [-0.15, -0.1) is 0 Å². The first kappa shape index (κ1) is 10.1. The molecule has 0 aliphatic carbocycles. The van der Waals surface area contributed by atoms with Crippen LogP contribution in [0.5, 0.6) is 11.5 Å². The number of rotatable bonds is 1. The van der Waals surface area contributed by atoms with Crippen molar-refractivity contribution in [2.75, 3.05) is 0 Å². The van der Waals surface area contributed by atoms with Crippen LogP contribution in [0, 0.1) is 6.92 Å². The van der Waals surface area contributed by atoms with Crippen LogP contribution in [-0.4, -0.2) is 6.29 Å². The summed E-state index contributed by atoms with van der Waals surface area (Å²) in [5.41, 5.74) is 3.04. The van der Waals surface area contributed by atoms with E-state index in [1.165, 1.54) is 0 Å². The fourth-order valence-electron chi connectivity index (χ4n) is 2.27. The standard InChI is InChI=1S/C15H12O2/c1-10-6-7-15-12(8-10)13(9-16)11-4-2-3-5-14(11)17-15/h2-9,13H,1H3. The molecule has 0 N–H and O–H groups in total. The summed E-state index contributed by atoms with van der Waals surface area (Å²) in [4.78, 5) is 11.3. The minimum absolute atomic E-state index is 0.213. The Morgan fingerprint density at radius 1 is 1.06 bits per heavy atom. The van der Waals surface area contributed by atoms with Gasteiger partial charge < -0.3 is 9.53 Å². The van der Waals surface area contributed by atoms with Crippen LogP contribution in [-0.2, 0) is 4.79 Å². The molecule has 0 aromatic heterocycles. The van der Waals surface area contributed by atoms with Crippen molar-refractivity contribution in [1.29, 1.82) is 0 Å². The molecule has 0 amide bonds. The van der Waals surface area contributed by atoms with Crippen LogP contribution in [0.15, 0.2) is 42.5 Å². The van der Waals surface area contributed by atoms with Crippen molar-refractivity contribution in [2.24, 2.45) is 0 Å². The van der Waals surface area contributed by atoms with Gasteiger partial charge in [0.25, 0.3) is 0 Å². The van der Waals surface area contributed by atoms with E-state index in [0.29, 0.717) is 0 Å². The number of benzene rings is 2. The quantitative estimate of drug-likeness (QED) is 0.694. The van der Waals surface area contributed by atoms with Gasteiger partial charge in [0.1, 0.15) is 17.8 Å². The molecule has 1 unspecified atom stereocenters. The number of aryl methyl sites for hydroxylation is 1. The minimum atomic E-state index is -0.213. The Labute approximate surface area is 99.9 Å². The second kappa shape index (κ2) is 3.74. The van der Waals surface area contributed by atoms with E-state index in [-0.39, 0.29) is 5.92 Å². The molecule has 1 heterocycles. The van der Waals surface area contributed by atoms with Gasteiger partial charge in [-0.05, 0) is 19.1 Å². The zero-order valence-corrected chi connectivity index (χ0v) is 9.51. The highest BCUT2D eigenvalue weighted by molar-refractivity contribution is 5.74. The SMILES string of the molecule is Cc1ccc2c(c1)C(C=O)c1ccccc1O2. The highest BCUT2D eigenvalue weighted by Gasteiger charge is 2.26. The molecule has 17 heavy (non-hydrogen) atoms. The molecule has 2 heteroatoms. The predicted molar refractivity (Wildman–Crippen MR) is 65.6 cm³/mol. The summed E-state index contributed by atoms with van der Waals surface area (Å²) in [6.45, 7) is 2.02. The molecular formula is C15H12O2. The smallest absolute Gasteiger partial charge is 0.132 e. The van der Waals surface area contributed by atoms with Crippen molar-refractivity contribution in [3.63, 3.8) is 0 Å². The largest absolute Gasteiger partial charge is 0.457 e. The summed E-state index contributed by atoms with van der Waals surface area (Å²) >= 11 is 0. The molecule has 0 bridgehead atoms. The average molecular weight is 224 g/mol. The first-order valence-electron chi connectivity index (χ1n) is 5.62. The number of fused-ring (bicyclic) bond motifs is 2. The van der Waals surface area contributed by atoms with Crippen LogP contribution in [0.25, 0.3) is 0 Å². The number of carbonyl (C=O) groups is 1. The molecule has 84 valence electrons.